The van der Waals surface area contributed by atoms with Crippen molar-refractivity contribution in [1.82, 2.24) is 10.2 Å². The molecule has 1 aromatic carbocycles. The van der Waals surface area contributed by atoms with E-state index in [-0.39, 0.29) is 42.0 Å². The van der Waals surface area contributed by atoms with Crippen molar-refractivity contribution >= 4 is 29.9 Å². The number of nitrogens with one attached hydrogen (secondary N) is 1. The molecule has 5 nitrogen and oxygen atoms in total. The summed E-state index contributed by atoms with van der Waals surface area (Å²) in [6.45, 7) is 8.61. The minimum Gasteiger partial charge on any atom is -0.379 e. The second-order valence-electron chi connectivity index (χ2n) is 7.15. The van der Waals surface area contributed by atoms with Gasteiger partial charge in [0, 0.05) is 19.7 Å². The molecule has 1 aliphatic carbocycles. The van der Waals surface area contributed by atoms with Crippen LogP contribution in [-0.4, -0.2) is 56.4 Å². The van der Waals surface area contributed by atoms with Crippen molar-refractivity contribution in [2.75, 3.05) is 39.4 Å². The number of morpholine rings is 1. The van der Waals surface area contributed by atoms with Gasteiger partial charge in [-0.1, -0.05) is 12.1 Å². The molecule has 2 fully saturated rings. The molecule has 0 aromatic heterocycles. The molecule has 3 rings (SSSR count). The molecule has 7 heteroatoms. The van der Waals surface area contributed by atoms with Crippen LogP contribution in [0.25, 0.3) is 0 Å². The van der Waals surface area contributed by atoms with E-state index in [1.807, 2.05) is 0 Å². The van der Waals surface area contributed by atoms with Crippen molar-refractivity contribution < 1.29 is 13.9 Å². The fourth-order valence-corrected chi connectivity index (χ4v) is 3.16. The van der Waals surface area contributed by atoms with Gasteiger partial charge < -0.3 is 19.7 Å². The van der Waals surface area contributed by atoms with Crippen LogP contribution in [0, 0.1) is 11.7 Å². The highest BCUT2D eigenvalue weighted by Crippen LogP contribution is 2.28. The van der Waals surface area contributed by atoms with Gasteiger partial charge in [-0.2, -0.15) is 0 Å². The van der Waals surface area contributed by atoms with Gasteiger partial charge in [-0.3, -0.25) is 4.99 Å². The lowest BCUT2D eigenvalue weighted by atomic mass is 10.1. The quantitative estimate of drug-likeness (QED) is 0.274. The highest BCUT2D eigenvalue weighted by atomic mass is 127. The number of benzene rings is 1. The minimum absolute atomic E-state index is 0. The monoisotopic (exact) mass is 491 g/mol. The van der Waals surface area contributed by atoms with E-state index in [4.69, 9.17) is 14.5 Å². The van der Waals surface area contributed by atoms with Gasteiger partial charge in [-0.05, 0) is 50.3 Å². The number of rotatable bonds is 7. The van der Waals surface area contributed by atoms with Gasteiger partial charge in [0.2, 0.25) is 0 Å². The maximum Gasteiger partial charge on any atom is 0.194 e. The van der Waals surface area contributed by atoms with Crippen molar-refractivity contribution in [3.63, 3.8) is 0 Å². The molecule has 1 saturated carbocycles. The van der Waals surface area contributed by atoms with E-state index in [9.17, 15) is 4.39 Å². The molecule has 0 spiro atoms. The van der Waals surface area contributed by atoms with E-state index in [1.165, 1.54) is 25.0 Å². The second kappa shape index (κ2) is 11.2. The molecule has 1 aromatic rings. The van der Waals surface area contributed by atoms with Crippen molar-refractivity contribution in [3.8, 4) is 0 Å². The third-order valence-electron chi connectivity index (χ3n) is 4.68. The molecule has 2 atom stereocenters. The summed E-state index contributed by atoms with van der Waals surface area (Å²) in [5, 5.41) is 3.37. The van der Waals surface area contributed by atoms with Crippen LogP contribution in [0.5, 0.6) is 0 Å². The standard InChI is InChI=1S/C20H30FN3O2.HI/c1-3-22-20(23-10-11-25-14-16-4-5-16)24-12-15(2)26-19(13-24)17-6-8-18(21)9-7-17;/h6-9,15-16,19H,3-5,10-14H2,1-2H3,(H,22,23);1H. The van der Waals surface area contributed by atoms with Gasteiger partial charge >= 0.3 is 0 Å². The number of nitrogens with zero attached hydrogens (tertiary/aromatic N) is 2. The van der Waals surface area contributed by atoms with Gasteiger partial charge in [-0.25, -0.2) is 4.39 Å². The summed E-state index contributed by atoms with van der Waals surface area (Å²) in [5.41, 5.74) is 0.992. The Morgan fingerprint density at radius 2 is 2.04 bits per heavy atom. The first kappa shape index (κ1) is 22.4. The van der Waals surface area contributed by atoms with E-state index in [0.29, 0.717) is 19.7 Å². The van der Waals surface area contributed by atoms with Crippen LogP contribution in [0.3, 0.4) is 0 Å². The average molecular weight is 491 g/mol. The predicted molar refractivity (Wildman–Crippen MR) is 116 cm³/mol. The molecular weight excluding hydrogens is 460 g/mol. The number of guanidine groups is 1. The lowest BCUT2D eigenvalue weighted by Crippen LogP contribution is -2.50. The van der Waals surface area contributed by atoms with Gasteiger partial charge in [-0.15, -0.1) is 24.0 Å². The molecule has 0 radical (unpaired) electrons. The number of hydrogen-bond acceptors (Lipinski definition) is 3. The van der Waals surface area contributed by atoms with Crippen LogP contribution in [-0.2, 0) is 9.47 Å². The molecule has 1 heterocycles. The first-order chi connectivity index (χ1) is 12.7. The van der Waals surface area contributed by atoms with Crippen LogP contribution in [0.1, 0.15) is 38.4 Å². The van der Waals surface area contributed by atoms with Crippen LogP contribution < -0.4 is 5.32 Å². The largest absolute Gasteiger partial charge is 0.379 e. The van der Waals surface area contributed by atoms with Gasteiger partial charge in [0.15, 0.2) is 5.96 Å². The van der Waals surface area contributed by atoms with Gasteiger partial charge in [0.1, 0.15) is 11.9 Å². The Bertz CT molecular complexity index is 595. The van der Waals surface area contributed by atoms with Crippen LogP contribution in [0.4, 0.5) is 4.39 Å². The highest BCUT2D eigenvalue weighted by Gasteiger charge is 2.28. The molecule has 27 heavy (non-hydrogen) atoms. The lowest BCUT2D eigenvalue weighted by Gasteiger charge is -2.38. The zero-order valence-corrected chi connectivity index (χ0v) is 18.5. The SMILES string of the molecule is CCNC(=NCCOCC1CC1)N1CC(C)OC(c2ccc(F)cc2)C1.I. The zero-order valence-electron chi connectivity index (χ0n) is 16.2. The summed E-state index contributed by atoms with van der Waals surface area (Å²) in [4.78, 5) is 6.95. The second-order valence-corrected chi connectivity index (χ2v) is 7.15. The summed E-state index contributed by atoms with van der Waals surface area (Å²) in [7, 11) is 0. The third kappa shape index (κ3) is 7.19. The van der Waals surface area contributed by atoms with Crippen molar-refractivity contribution in [2.45, 2.75) is 38.9 Å². The van der Waals surface area contributed by atoms with Crippen LogP contribution >= 0.6 is 24.0 Å². The van der Waals surface area contributed by atoms with E-state index in [2.05, 4.69) is 24.1 Å². The first-order valence-corrected chi connectivity index (χ1v) is 9.67. The number of hydrogen-bond donors (Lipinski definition) is 1. The molecular formula is C20H31FIN3O2. The maximum absolute atomic E-state index is 13.2. The Kier molecular flexibility index (Phi) is 9.25. The molecule has 152 valence electrons. The predicted octanol–water partition coefficient (Wildman–Crippen LogP) is 3.60. The summed E-state index contributed by atoms with van der Waals surface area (Å²) in [6.07, 6.45) is 2.60. The zero-order chi connectivity index (χ0) is 18.4. The van der Waals surface area contributed by atoms with Crippen LogP contribution in [0.2, 0.25) is 0 Å². The average Bonchev–Trinajstić information content (AvgIpc) is 3.45. The summed E-state index contributed by atoms with van der Waals surface area (Å²) in [5.74, 6) is 1.45. The normalized spacial score (nSPS) is 23.1. The Balaban J connectivity index is 0.00000261. The van der Waals surface area contributed by atoms with Crippen molar-refractivity contribution in [3.05, 3.63) is 35.6 Å². The molecule has 2 aliphatic rings. The van der Waals surface area contributed by atoms with E-state index in [0.717, 1.165) is 37.1 Å². The third-order valence-corrected chi connectivity index (χ3v) is 4.68. The maximum atomic E-state index is 13.2. The molecule has 1 saturated heterocycles. The van der Waals surface area contributed by atoms with Gasteiger partial charge in [0.25, 0.3) is 0 Å². The topological polar surface area (TPSA) is 46.1 Å². The fourth-order valence-electron chi connectivity index (χ4n) is 3.16. The number of ether oxygens (including phenoxy) is 2. The van der Waals surface area contributed by atoms with Gasteiger partial charge in [0.05, 0.1) is 25.8 Å². The molecule has 0 amide bonds. The van der Waals surface area contributed by atoms with Crippen LogP contribution in [0.15, 0.2) is 29.3 Å². The van der Waals surface area contributed by atoms with Crippen molar-refractivity contribution in [1.29, 1.82) is 0 Å². The number of halogens is 2. The molecule has 0 bridgehead atoms. The Morgan fingerprint density at radius 1 is 1.30 bits per heavy atom. The molecule has 1 aliphatic heterocycles. The Labute approximate surface area is 178 Å². The Hall–Kier alpha value is -0.930. The lowest BCUT2D eigenvalue weighted by molar-refractivity contribution is -0.0605. The first-order valence-electron chi connectivity index (χ1n) is 9.67. The smallest absolute Gasteiger partial charge is 0.194 e. The van der Waals surface area contributed by atoms with E-state index in [1.54, 1.807) is 12.1 Å². The van der Waals surface area contributed by atoms with E-state index >= 15 is 0 Å². The summed E-state index contributed by atoms with van der Waals surface area (Å²) >= 11 is 0. The number of aliphatic imine (C=N–C) groups is 1. The fraction of sp³-hybridized carbons (Fsp3) is 0.650. The van der Waals surface area contributed by atoms with E-state index < -0.39 is 0 Å². The molecule has 1 N–H and O–H groups in total. The molecule has 2 unspecified atom stereocenters. The summed E-state index contributed by atoms with van der Waals surface area (Å²) < 4.78 is 25.0. The Morgan fingerprint density at radius 3 is 2.70 bits per heavy atom. The van der Waals surface area contributed by atoms with Crippen molar-refractivity contribution in [2.24, 2.45) is 10.9 Å². The minimum atomic E-state index is -0.226. The summed E-state index contributed by atoms with van der Waals surface area (Å²) in [6, 6.07) is 6.57. The highest BCUT2D eigenvalue weighted by molar-refractivity contribution is 14.0.